The zero-order valence-corrected chi connectivity index (χ0v) is 16.4. The molecule has 0 aliphatic heterocycles. The molecule has 4 aromatic rings. The van der Waals surface area contributed by atoms with Gasteiger partial charge in [-0.25, -0.2) is 9.97 Å². The summed E-state index contributed by atoms with van der Waals surface area (Å²) >= 11 is 0. The monoisotopic (exact) mass is 396 g/mol. The second kappa shape index (κ2) is 8.00. The molecule has 0 aliphatic rings. The lowest BCUT2D eigenvalue weighted by Crippen LogP contribution is -2.05. The molecule has 148 valence electrons. The van der Waals surface area contributed by atoms with Crippen LogP contribution in [-0.2, 0) is 4.79 Å². The Bertz CT molecular complexity index is 1350. The number of hydrogen-bond acceptors (Lipinski definition) is 4. The van der Waals surface area contributed by atoms with E-state index in [-0.39, 0.29) is 0 Å². The number of primary amides is 1. The first-order valence-electron chi connectivity index (χ1n) is 9.33. The number of fused-ring (bicyclic) bond motifs is 2. The van der Waals surface area contributed by atoms with Crippen LogP contribution < -0.4 is 5.73 Å². The third-order valence-corrected chi connectivity index (χ3v) is 4.83. The summed E-state index contributed by atoms with van der Waals surface area (Å²) in [6, 6.07) is 6.09. The lowest BCUT2D eigenvalue weighted by Gasteiger charge is -2.06. The molecule has 0 unspecified atom stereocenters. The number of carbonyl (C=O) groups excluding carboxylic acids is 1. The van der Waals surface area contributed by atoms with Crippen LogP contribution in [0.3, 0.4) is 0 Å². The number of nitrogens with two attached hydrogens (primary N) is 1. The average Bonchev–Trinajstić information content (AvgIpc) is 3.40. The molecule has 0 aliphatic carbocycles. The molecule has 0 saturated carbocycles. The highest BCUT2D eigenvalue weighted by Gasteiger charge is 2.12. The second-order valence-electron chi connectivity index (χ2n) is 6.63. The van der Waals surface area contributed by atoms with Crippen molar-refractivity contribution in [1.82, 2.24) is 19.9 Å². The number of H-pyrrole nitrogens is 2. The number of aliphatic imine (C=N–C) groups is 1. The number of amides is 1. The zero-order chi connectivity index (χ0) is 21.1. The van der Waals surface area contributed by atoms with Crippen molar-refractivity contribution in [2.45, 2.75) is 6.92 Å². The van der Waals surface area contributed by atoms with Crippen LogP contribution in [-0.4, -0.2) is 32.6 Å². The highest BCUT2D eigenvalue weighted by atomic mass is 16.1. The van der Waals surface area contributed by atoms with Gasteiger partial charge in [-0.2, -0.15) is 0 Å². The molecule has 0 fully saturated rings. The van der Waals surface area contributed by atoms with Crippen molar-refractivity contribution in [2.24, 2.45) is 10.7 Å². The molecule has 0 saturated heterocycles. The minimum atomic E-state index is -0.542. The van der Waals surface area contributed by atoms with Crippen LogP contribution in [0.15, 0.2) is 78.0 Å². The topological polar surface area (TPSA) is 113 Å². The minimum absolute atomic E-state index is 0.527. The van der Waals surface area contributed by atoms with Crippen LogP contribution in [0.4, 0.5) is 0 Å². The minimum Gasteiger partial charge on any atom is -0.366 e. The van der Waals surface area contributed by atoms with Crippen LogP contribution in [0.2, 0.25) is 0 Å². The standard InChI is InChI=1S/C23H20N6O/c1-3-14(10-16(25-2)4-5-21(24)30)15-11-19-20(13-29-23(19)28-12-15)17-6-8-26-22-18(17)7-9-27-22/h3-13H,2H2,1H3,(H2,24,30)(H,26,27)(H,28,29)/b5-4+,14-3+,16-10-. The van der Waals surface area contributed by atoms with E-state index >= 15 is 0 Å². The molecule has 4 heterocycles. The summed E-state index contributed by atoms with van der Waals surface area (Å²) in [5.41, 5.74) is 11.3. The number of pyridine rings is 2. The van der Waals surface area contributed by atoms with Crippen LogP contribution >= 0.6 is 0 Å². The summed E-state index contributed by atoms with van der Waals surface area (Å²) in [5.74, 6) is -0.542. The molecule has 0 radical (unpaired) electrons. The van der Waals surface area contributed by atoms with Gasteiger partial charge in [-0.1, -0.05) is 6.08 Å². The summed E-state index contributed by atoms with van der Waals surface area (Å²) in [5, 5.41) is 2.04. The summed E-state index contributed by atoms with van der Waals surface area (Å²) in [4.78, 5) is 30.3. The molecule has 4 rings (SSSR count). The molecular formula is C23H20N6O. The first-order valence-corrected chi connectivity index (χ1v) is 9.33. The Balaban J connectivity index is 1.82. The Kier molecular flexibility index (Phi) is 5.09. The smallest absolute Gasteiger partial charge is 0.241 e. The van der Waals surface area contributed by atoms with Crippen LogP contribution in [0.5, 0.6) is 0 Å². The van der Waals surface area contributed by atoms with Crippen molar-refractivity contribution in [3.05, 3.63) is 78.6 Å². The van der Waals surface area contributed by atoms with E-state index in [9.17, 15) is 4.79 Å². The van der Waals surface area contributed by atoms with Crippen LogP contribution in [0, 0.1) is 0 Å². The molecular weight excluding hydrogens is 376 g/mol. The van der Waals surface area contributed by atoms with Crippen LogP contribution in [0.1, 0.15) is 12.5 Å². The Hall–Kier alpha value is -4.26. The van der Waals surface area contributed by atoms with E-state index < -0.39 is 5.91 Å². The summed E-state index contributed by atoms with van der Waals surface area (Å²) < 4.78 is 0. The van der Waals surface area contributed by atoms with Crippen molar-refractivity contribution in [1.29, 1.82) is 0 Å². The fraction of sp³-hybridized carbons (Fsp3) is 0.0435. The number of nitrogens with one attached hydrogen (secondary N) is 2. The number of aromatic nitrogens is 4. The molecule has 0 bridgehead atoms. The molecule has 4 N–H and O–H groups in total. The van der Waals surface area contributed by atoms with Gasteiger partial charge in [-0.3, -0.25) is 9.79 Å². The first kappa shape index (κ1) is 19.1. The predicted molar refractivity (Wildman–Crippen MR) is 121 cm³/mol. The zero-order valence-electron chi connectivity index (χ0n) is 16.4. The van der Waals surface area contributed by atoms with Gasteiger partial charge in [0.15, 0.2) is 0 Å². The van der Waals surface area contributed by atoms with Crippen molar-refractivity contribution in [3.63, 3.8) is 0 Å². The number of hydrogen-bond donors (Lipinski definition) is 3. The Morgan fingerprint density at radius 3 is 2.73 bits per heavy atom. The van der Waals surface area contributed by atoms with Gasteiger partial charge in [0.05, 0.1) is 5.70 Å². The van der Waals surface area contributed by atoms with Gasteiger partial charge >= 0.3 is 0 Å². The summed E-state index contributed by atoms with van der Waals surface area (Å²) in [6.07, 6.45) is 14.0. The number of nitrogens with zero attached hydrogens (tertiary/aromatic N) is 3. The summed E-state index contributed by atoms with van der Waals surface area (Å²) in [7, 11) is 0. The van der Waals surface area contributed by atoms with E-state index in [4.69, 9.17) is 5.73 Å². The molecule has 0 spiro atoms. The number of rotatable bonds is 6. The van der Waals surface area contributed by atoms with Gasteiger partial charge in [0.2, 0.25) is 5.91 Å². The second-order valence-corrected chi connectivity index (χ2v) is 6.63. The summed E-state index contributed by atoms with van der Waals surface area (Å²) in [6.45, 7) is 5.49. The molecule has 4 aromatic heterocycles. The molecule has 0 atom stereocenters. The van der Waals surface area contributed by atoms with Gasteiger partial charge in [0, 0.05) is 52.8 Å². The van der Waals surface area contributed by atoms with Crippen molar-refractivity contribution in [3.8, 4) is 11.1 Å². The van der Waals surface area contributed by atoms with Crippen molar-refractivity contribution >= 4 is 40.3 Å². The molecule has 7 nitrogen and oxygen atoms in total. The maximum absolute atomic E-state index is 11.0. The van der Waals surface area contributed by atoms with Crippen LogP contribution in [0.25, 0.3) is 38.8 Å². The Morgan fingerprint density at radius 1 is 1.13 bits per heavy atom. The van der Waals surface area contributed by atoms with E-state index in [1.165, 1.54) is 12.2 Å². The molecule has 7 heteroatoms. The van der Waals surface area contributed by atoms with Gasteiger partial charge in [0.25, 0.3) is 0 Å². The number of carbonyl (C=O) groups is 1. The molecule has 30 heavy (non-hydrogen) atoms. The SMILES string of the molecule is C=NC(=C\C(=C/C)c1cnc2[nH]cc(-c3ccnc4[nH]ccc34)c2c1)/C=C/C(N)=O. The average molecular weight is 396 g/mol. The van der Waals surface area contributed by atoms with E-state index in [1.54, 1.807) is 12.4 Å². The van der Waals surface area contributed by atoms with E-state index in [1.807, 2.05) is 43.6 Å². The fourth-order valence-corrected chi connectivity index (χ4v) is 3.39. The third-order valence-electron chi connectivity index (χ3n) is 4.83. The van der Waals surface area contributed by atoms with E-state index in [0.29, 0.717) is 5.70 Å². The highest BCUT2D eigenvalue weighted by molar-refractivity contribution is 6.03. The maximum Gasteiger partial charge on any atom is 0.241 e. The number of allylic oxidation sites excluding steroid dienone is 4. The fourth-order valence-electron chi connectivity index (χ4n) is 3.39. The van der Waals surface area contributed by atoms with Crippen molar-refractivity contribution < 1.29 is 4.79 Å². The lowest BCUT2D eigenvalue weighted by molar-refractivity contribution is -0.113. The maximum atomic E-state index is 11.0. The Morgan fingerprint density at radius 2 is 1.97 bits per heavy atom. The van der Waals surface area contributed by atoms with E-state index in [2.05, 4.69) is 37.7 Å². The highest BCUT2D eigenvalue weighted by Crippen LogP contribution is 2.33. The lowest BCUT2D eigenvalue weighted by atomic mass is 10.0. The molecule has 0 aromatic carbocycles. The Labute approximate surface area is 172 Å². The third kappa shape index (κ3) is 3.56. The van der Waals surface area contributed by atoms with Gasteiger partial charge in [-0.05, 0) is 55.1 Å². The largest absolute Gasteiger partial charge is 0.366 e. The van der Waals surface area contributed by atoms with E-state index in [0.717, 1.165) is 44.3 Å². The normalized spacial score (nSPS) is 12.8. The number of aromatic amines is 2. The quantitative estimate of drug-likeness (QED) is 0.259. The molecule has 1 amide bonds. The van der Waals surface area contributed by atoms with Gasteiger partial charge in [-0.15, -0.1) is 0 Å². The van der Waals surface area contributed by atoms with Gasteiger partial charge in [0.1, 0.15) is 11.3 Å². The first-order chi connectivity index (χ1) is 14.6. The van der Waals surface area contributed by atoms with Gasteiger partial charge < -0.3 is 15.7 Å². The van der Waals surface area contributed by atoms with Crippen molar-refractivity contribution in [2.75, 3.05) is 0 Å². The predicted octanol–water partition coefficient (Wildman–Crippen LogP) is 4.14.